The van der Waals surface area contributed by atoms with Crippen LogP contribution in [0.25, 0.3) is 0 Å². The summed E-state index contributed by atoms with van der Waals surface area (Å²) in [7, 11) is 1.67. The van der Waals surface area contributed by atoms with Crippen LogP contribution in [0.15, 0.2) is 24.3 Å². The number of nitrogens with two attached hydrogens (primary N) is 1. The van der Waals surface area contributed by atoms with Crippen molar-refractivity contribution >= 4 is 0 Å². The van der Waals surface area contributed by atoms with E-state index in [-0.39, 0.29) is 17.9 Å². The highest BCUT2D eigenvalue weighted by molar-refractivity contribution is 5.32. The van der Waals surface area contributed by atoms with Gasteiger partial charge in [0.05, 0.1) is 7.11 Å². The molecule has 0 saturated heterocycles. The molecule has 0 radical (unpaired) electrons. The van der Waals surface area contributed by atoms with Crippen LogP contribution in [-0.4, -0.2) is 25.4 Å². The molecule has 0 heterocycles. The number of ether oxygens (including phenoxy) is 1. The van der Waals surface area contributed by atoms with E-state index in [2.05, 4.69) is 6.07 Å². The molecular weight excluding hydrogens is 214 g/mol. The fourth-order valence-corrected chi connectivity index (χ4v) is 2.85. The van der Waals surface area contributed by atoms with Crippen LogP contribution >= 0.6 is 0 Å². The molecule has 1 aromatic carbocycles. The van der Waals surface area contributed by atoms with Crippen LogP contribution in [-0.2, 0) is 0 Å². The van der Waals surface area contributed by atoms with Gasteiger partial charge >= 0.3 is 0 Å². The summed E-state index contributed by atoms with van der Waals surface area (Å²) in [6.45, 7) is 0.805. The highest BCUT2D eigenvalue weighted by Crippen LogP contribution is 2.50. The van der Waals surface area contributed by atoms with Gasteiger partial charge in [0.2, 0.25) is 0 Å². The third-order valence-electron chi connectivity index (χ3n) is 4.14. The van der Waals surface area contributed by atoms with E-state index in [1.807, 2.05) is 18.2 Å². The predicted molar refractivity (Wildman–Crippen MR) is 68.2 cm³/mol. The first kappa shape index (κ1) is 12.4. The lowest BCUT2D eigenvalue weighted by Crippen LogP contribution is -2.42. The smallest absolute Gasteiger partial charge is 0.119 e. The highest BCUT2D eigenvalue weighted by Gasteiger charge is 2.43. The lowest BCUT2D eigenvalue weighted by molar-refractivity contribution is 0.0191. The van der Waals surface area contributed by atoms with Crippen molar-refractivity contribution in [1.29, 1.82) is 0 Å². The molecule has 94 valence electrons. The summed E-state index contributed by atoms with van der Waals surface area (Å²) < 4.78 is 5.24. The van der Waals surface area contributed by atoms with Gasteiger partial charge in [0.25, 0.3) is 0 Å². The van der Waals surface area contributed by atoms with Crippen molar-refractivity contribution in [2.24, 2.45) is 11.1 Å². The van der Waals surface area contributed by atoms with E-state index < -0.39 is 0 Å². The highest BCUT2D eigenvalue weighted by atomic mass is 16.5. The van der Waals surface area contributed by atoms with Gasteiger partial charge in [-0.2, -0.15) is 0 Å². The summed E-state index contributed by atoms with van der Waals surface area (Å²) in [5, 5.41) is 9.64. The molecule has 1 aromatic rings. The minimum absolute atomic E-state index is 0.00111. The van der Waals surface area contributed by atoms with E-state index in [4.69, 9.17) is 10.5 Å². The summed E-state index contributed by atoms with van der Waals surface area (Å²) in [5.41, 5.74) is 7.10. The van der Waals surface area contributed by atoms with E-state index >= 15 is 0 Å². The maximum absolute atomic E-state index is 9.64. The second kappa shape index (κ2) is 5.07. The van der Waals surface area contributed by atoms with Crippen LogP contribution < -0.4 is 10.5 Å². The Morgan fingerprint density at radius 3 is 2.71 bits per heavy atom. The van der Waals surface area contributed by atoms with E-state index in [1.165, 1.54) is 12.0 Å². The normalized spacial score (nSPS) is 19.5. The molecule has 2 rings (SSSR count). The Bertz CT molecular complexity index is 369. The van der Waals surface area contributed by atoms with Crippen molar-refractivity contribution in [1.82, 2.24) is 0 Å². The van der Waals surface area contributed by atoms with Gasteiger partial charge in [-0.3, -0.25) is 0 Å². The van der Waals surface area contributed by atoms with Crippen molar-refractivity contribution in [3.63, 3.8) is 0 Å². The van der Waals surface area contributed by atoms with Gasteiger partial charge in [-0.25, -0.2) is 0 Å². The molecule has 0 unspecified atom stereocenters. The zero-order valence-electron chi connectivity index (χ0n) is 10.4. The number of hydrogen-bond donors (Lipinski definition) is 2. The molecule has 1 saturated carbocycles. The second-order valence-corrected chi connectivity index (χ2v) is 4.94. The van der Waals surface area contributed by atoms with Crippen molar-refractivity contribution in [3.05, 3.63) is 29.8 Å². The Morgan fingerprint density at radius 2 is 2.24 bits per heavy atom. The van der Waals surface area contributed by atoms with E-state index in [0.717, 1.165) is 18.6 Å². The lowest BCUT2D eigenvalue weighted by atomic mass is 9.60. The van der Waals surface area contributed by atoms with Crippen molar-refractivity contribution in [2.75, 3.05) is 20.3 Å². The Kier molecular flexibility index (Phi) is 3.69. The Morgan fingerprint density at radius 1 is 1.47 bits per heavy atom. The van der Waals surface area contributed by atoms with Crippen LogP contribution in [0.4, 0.5) is 0 Å². The molecule has 17 heavy (non-hydrogen) atoms. The molecule has 1 atom stereocenters. The Hall–Kier alpha value is -1.06. The van der Waals surface area contributed by atoms with Gasteiger partial charge in [-0.1, -0.05) is 18.6 Å². The standard InChI is InChI=1S/C14H21NO2/c1-17-12-5-2-4-11(8-12)13(9-15)14(10-16)6-3-7-14/h2,4-5,8,13,16H,3,6-7,9-10,15H2,1H3/t13-/m1/s1. The first-order valence-corrected chi connectivity index (χ1v) is 6.20. The third kappa shape index (κ3) is 2.17. The number of rotatable bonds is 5. The van der Waals surface area contributed by atoms with Crippen molar-refractivity contribution in [2.45, 2.75) is 25.2 Å². The number of aliphatic hydroxyl groups excluding tert-OH is 1. The first-order chi connectivity index (χ1) is 8.25. The van der Waals surface area contributed by atoms with Gasteiger partial charge in [-0.05, 0) is 37.1 Å². The third-order valence-corrected chi connectivity index (χ3v) is 4.14. The van der Waals surface area contributed by atoms with Gasteiger partial charge in [0.15, 0.2) is 0 Å². The van der Waals surface area contributed by atoms with Crippen molar-refractivity contribution in [3.8, 4) is 5.75 Å². The van der Waals surface area contributed by atoms with Gasteiger partial charge < -0.3 is 15.6 Å². The molecule has 0 aromatic heterocycles. The molecule has 1 fully saturated rings. The quantitative estimate of drug-likeness (QED) is 0.819. The maximum Gasteiger partial charge on any atom is 0.119 e. The molecule has 1 aliphatic rings. The van der Waals surface area contributed by atoms with E-state index in [0.29, 0.717) is 6.54 Å². The molecule has 3 N–H and O–H groups in total. The van der Waals surface area contributed by atoms with Crippen LogP contribution in [0.5, 0.6) is 5.75 Å². The topological polar surface area (TPSA) is 55.5 Å². The van der Waals surface area contributed by atoms with Crippen LogP contribution in [0.1, 0.15) is 30.7 Å². The fraction of sp³-hybridized carbons (Fsp3) is 0.571. The zero-order chi connectivity index (χ0) is 12.3. The Labute approximate surface area is 103 Å². The summed E-state index contributed by atoms with van der Waals surface area (Å²) in [6, 6.07) is 8.03. The van der Waals surface area contributed by atoms with E-state index in [9.17, 15) is 5.11 Å². The number of hydrogen-bond acceptors (Lipinski definition) is 3. The SMILES string of the molecule is COc1cccc([C@@H](CN)C2(CO)CCC2)c1. The average Bonchev–Trinajstić information content (AvgIpc) is 2.33. The maximum atomic E-state index is 9.64. The average molecular weight is 235 g/mol. The first-order valence-electron chi connectivity index (χ1n) is 6.20. The minimum atomic E-state index is 0.00111. The van der Waals surface area contributed by atoms with Crippen LogP contribution in [0.3, 0.4) is 0 Å². The second-order valence-electron chi connectivity index (χ2n) is 4.94. The van der Waals surface area contributed by atoms with Crippen LogP contribution in [0.2, 0.25) is 0 Å². The van der Waals surface area contributed by atoms with E-state index in [1.54, 1.807) is 7.11 Å². The molecule has 0 aliphatic heterocycles. The Balaban J connectivity index is 2.28. The van der Waals surface area contributed by atoms with Gasteiger partial charge in [0, 0.05) is 17.9 Å². The molecule has 0 amide bonds. The summed E-state index contributed by atoms with van der Waals surface area (Å²) >= 11 is 0. The summed E-state index contributed by atoms with van der Waals surface area (Å²) in [4.78, 5) is 0. The molecule has 1 aliphatic carbocycles. The van der Waals surface area contributed by atoms with Crippen molar-refractivity contribution < 1.29 is 9.84 Å². The van der Waals surface area contributed by atoms with Gasteiger partial charge in [-0.15, -0.1) is 0 Å². The number of benzene rings is 1. The van der Waals surface area contributed by atoms with Crippen LogP contribution in [0, 0.1) is 5.41 Å². The minimum Gasteiger partial charge on any atom is -0.497 e. The fourth-order valence-electron chi connectivity index (χ4n) is 2.85. The predicted octanol–water partition coefficient (Wildman–Crippen LogP) is 1.90. The molecule has 0 bridgehead atoms. The molecular formula is C14H21NO2. The lowest BCUT2D eigenvalue weighted by Gasteiger charge is -2.46. The number of methoxy groups -OCH3 is 1. The number of aliphatic hydroxyl groups is 1. The molecule has 0 spiro atoms. The largest absolute Gasteiger partial charge is 0.497 e. The summed E-state index contributed by atoms with van der Waals surface area (Å²) in [6.07, 6.45) is 3.34. The molecule has 3 heteroatoms. The molecule has 3 nitrogen and oxygen atoms in total. The summed E-state index contributed by atoms with van der Waals surface area (Å²) in [5.74, 6) is 1.09. The van der Waals surface area contributed by atoms with Gasteiger partial charge in [0.1, 0.15) is 5.75 Å². The zero-order valence-corrected chi connectivity index (χ0v) is 10.4. The monoisotopic (exact) mass is 235 g/mol.